The molecule has 0 spiro atoms. The van der Waals surface area contributed by atoms with Gasteiger partial charge in [-0.1, -0.05) is 17.7 Å². The van der Waals surface area contributed by atoms with Crippen molar-refractivity contribution in [3.8, 4) is 0 Å². The summed E-state index contributed by atoms with van der Waals surface area (Å²) in [6.45, 7) is 4.06. The first kappa shape index (κ1) is 14.0. The molecule has 1 amide bonds. The Hall–Kier alpha value is -1.43. The van der Waals surface area contributed by atoms with E-state index in [-0.39, 0.29) is 25.1 Å². The highest BCUT2D eigenvalue weighted by molar-refractivity contribution is 5.92. The van der Waals surface area contributed by atoms with Gasteiger partial charge in [0.05, 0.1) is 32.4 Å². The lowest BCUT2D eigenvalue weighted by Crippen LogP contribution is -2.50. The number of anilines is 1. The highest BCUT2D eigenvalue weighted by atomic mass is 16.5. The van der Waals surface area contributed by atoms with Crippen LogP contribution in [-0.4, -0.2) is 54.9 Å². The maximum Gasteiger partial charge on any atom is 0.238 e. The van der Waals surface area contributed by atoms with Crippen molar-refractivity contribution in [1.29, 1.82) is 0 Å². The molecule has 2 N–H and O–H groups in total. The van der Waals surface area contributed by atoms with Crippen LogP contribution in [0.15, 0.2) is 24.3 Å². The monoisotopic (exact) mass is 264 g/mol. The highest BCUT2D eigenvalue weighted by Crippen LogP contribution is 2.10. The maximum absolute atomic E-state index is 12.0. The van der Waals surface area contributed by atoms with Gasteiger partial charge in [0.1, 0.15) is 0 Å². The van der Waals surface area contributed by atoms with E-state index < -0.39 is 0 Å². The summed E-state index contributed by atoms with van der Waals surface area (Å²) in [7, 11) is 0. The molecule has 1 heterocycles. The van der Waals surface area contributed by atoms with Gasteiger partial charge in [-0.05, 0) is 19.1 Å². The molecule has 1 atom stereocenters. The first-order valence-corrected chi connectivity index (χ1v) is 6.48. The van der Waals surface area contributed by atoms with Crippen LogP contribution >= 0.6 is 0 Å². The summed E-state index contributed by atoms with van der Waals surface area (Å²) in [5.41, 5.74) is 1.95. The average molecular weight is 264 g/mol. The second-order valence-electron chi connectivity index (χ2n) is 4.80. The zero-order valence-electron chi connectivity index (χ0n) is 11.1. The average Bonchev–Trinajstić information content (AvgIpc) is 2.42. The number of nitrogens with one attached hydrogen (secondary N) is 1. The lowest BCUT2D eigenvalue weighted by atomic mass is 10.2. The second kappa shape index (κ2) is 6.65. The van der Waals surface area contributed by atoms with Crippen LogP contribution in [0.5, 0.6) is 0 Å². The molecule has 19 heavy (non-hydrogen) atoms. The van der Waals surface area contributed by atoms with E-state index in [0.29, 0.717) is 19.8 Å². The van der Waals surface area contributed by atoms with E-state index in [1.165, 1.54) is 0 Å². The van der Waals surface area contributed by atoms with Gasteiger partial charge in [-0.25, -0.2) is 0 Å². The van der Waals surface area contributed by atoms with Crippen LogP contribution in [0.25, 0.3) is 0 Å². The van der Waals surface area contributed by atoms with Crippen molar-refractivity contribution in [2.45, 2.75) is 13.0 Å². The van der Waals surface area contributed by atoms with Crippen molar-refractivity contribution in [2.24, 2.45) is 0 Å². The molecule has 0 aliphatic carbocycles. The molecule has 1 aromatic rings. The Morgan fingerprint density at radius 2 is 2.21 bits per heavy atom. The number of ether oxygens (including phenoxy) is 1. The summed E-state index contributed by atoms with van der Waals surface area (Å²) < 4.78 is 5.28. The first-order chi connectivity index (χ1) is 9.19. The smallest absolute Gasteiger partial charge is 0.238 e. The van der Waals surface area contributed by atoms with E-state index in [1.807, 2.05) is 36.1 Å². The number of carbonyl (C=O) groups is 1. The Balaban J connectivity index is 1.88. The summed E-state index contributed by atoms with van der Waals surface area (Å²) in [5.74, 6) is -0.0656. The van der Waals surface area contributed by atoms with E-state index in [2.05, 4.69) is 5.32 Å². The number of aliphatic hydroxyl groups excluding tert-OH is 1. The molecule has 0 bridgehead atoms. The fourth-order valence-corrected chi connectivity index (χ4v) is 2.09. The molecule has 0 aromatic heterocycles. The van der Waals surface area contributed by atoms with Gasteiger partial charge in [0.25, 0.3) is 0 Å². The third kappa shape index (κ3) is 4.02. The molecule has 5 heteroatoms. The maximum atomic E-state index is 12.0. The molecule has 0 radical (unpaired) electrons. The lowest BCUT2D eigenvalue weighted by Gasteiger charge is -2.33. The van der Waals surface area contributed by atoms with Gasteiger partial charge >= 0.3 is 0 Å². The number of aliphatic hydroxyl groups is 1. The van der Waals surface area contributed by atoms with Crippen LogP contribution in [0.2, 0.25) is 0 Å². The van der Waals surface area contributed by atoms with Crippen molar-refractivity contribution < 1.29 is 14.6 Å². The lowest BCUT2D eigenvalue weighted by molar-refractivity contribution is -0.120. The number of rotatable bonds is 4. The van der Waals surface area contributed by atoms with Crippen molar-refractivity contribution in [1.82, 2.24) is 4.90 Å². The van der Waals surface area contributed by atoms with Crippen molar-refractivity contribution in [3.63, 3.8) is 0 Å². The Kier molecular flexibility index (Phi) is 4.90. The SMILES string of the molecule is Cc1ccc(NC(=O)CN2CCOCC2CO)cc1. The van der Waals surface area contributed by atoms with Crippen LogP contribution in [0, 0.1) is 6.92 Å². The molecule has 104 valence electrons. The van der Waals surface area contributed by atoms with E-state index in [0.717, 1.165) is 11.3 Å². The van der Waals surface area contributed by atoms with Gasteiger partial charge < -0.3 is 15.2 Å². The van der Waals surface area contributed by atoms with E-state index in [4.69, 9.17) is 4.74 Å². The largest absolute Gasteiger partial charge is 0.395 e. The number of nitrogens with zero attached hydrogens (tertiary/aromatic N) is 1. The van der Waals surface area contributed by atoms with Crippen LogP contribution in [-0.2, 0) is 9.53 Å². The van der Waals surface area contributed by atoms with Gasteiger partial charge in [0.15, 0.2) is 0 Å². The number of benzene rings is 1. The van der Waals surface area contributed by atoms with Crippen molar-refractivity contribution >= 4 is 11.6 Å². The predicted molar refractivity (Wildman–Crippen MR) is 73.1 cm³/mol. The van der Waals surface area contributed by atoms with Gasteiger partial charge in [0.2, 0.25) is 5.91 Å². The van der Waals surface area contributed by atoms with Gasteiger partial charge in [-0.15, -0.1) is 0 Å². The molecule has 1 unspecified atom stereocenters. The Morgan fingerprint density at radius 1 is 1.47 bits per heavy atom. The third-order valence-corrected chi connectivity index (χ3v) is 3.24. The molecular weight excluding hydrogens is 244 g/mol. The van der Waals surface area contributed by atoms with Gasteiger partial charge in [-0.2, -0.15) is 0 Å². The molecule has 5 nitrogen and oxygen atoms in total. The second-order valence-corrected chi connectivity index (χ2v) is 4.80. The Labute approximate surface area is 113 Å². The van der Waals surface area contributed by atoms with Crippen LogP contribution in [0.3, 0.4) is 0 Å². The van der Waals surface area contributed by atoms with Gasteiger partial charge in [0, 0.05) is 12.2 Å². The van der Waals surface area contributed by atoms with Crippen molar-refractivity contribution in [3.05, 3.63) is 29.8 Å². The molecule has 1 saturated heterocycles. The number of morpholine rings is 1. The normalized spacial score (nSPS) is 20.2. The van der Waals surface area contributed by atoms with Gasteiger partial charge in [-0.3, -0.25) is 9.69 Å². The number of aryl methyl sites for hydroxylation is 1. The zero-order chi connectivity index (χ0) is 13.7. The van der Waals surface area contributed by atoms with E-state index in [9.17, 15) is 9.90 Å². The molecule has 1 fully saturated rings. The summed E-state index contributed by atoms with van der Waals surface area (Å²) in [4.78, 5) is 13.9. The summed E-state index contributed by atoms with van der Waals surface area (Å²) in [6.07, 6.45) is 0. The standard InChI is InChI=1S/C14H20N2O3/c1-11-2-4-12(5-3-11)15-14(18)8-16-6-7-19-10-13(16)9-17/h2-5,13,17H,6-10H2,1H3,(H,15,18). The minimum absolute atomic E-state index is 0.0117. The van der Waals surface area contributed by atoms with Crippen LogP contribution in [0.1, 0.15) is 5.56 Å². The van der Waals surface area contributed by atoms with Crippen molar-refractivity contribution in [2.75, 3.05) is 38.2 Å². The topological polar surface area (TPSA) is 61.8 Å². The minimum atomic E-state index is -0.0856. The number of carbonyl (C=O) groups excluding carboxylic acids is 1. The molecular formula is C14H20N2O3. The van der Waals surface area contributed by atoms with E-state index >= 15 is 0 Å². The first-order valence-electron chi connectivity index (χ1n) is 6.48. The fourth-order valence-electron chi connectivity index (χ4n) is 2.09. The Bertz CT molecular complexity index is 419. The zero-order valence-corrected chi connectivity index (χ0v) is 11.1. The number of amides is 1. The van der Waals surface area contributed by atoms with Crippen LogP contribution < -0.4 is 5.32 Å². The quantitative estimate of drug-likeness (QED) is 0.837. The summed E-state index contributed by atoms with van der Waals surface area (Å²) in [6, 6.07) is 7.60. The molecule has 1 aromatic carbocycles. The number of hydrogen-bond acceptors (Lipinski definition) is 4. The van der Waals surface area contributed by atoms with E-state index in [1.54, 1.807) is 0 Å². The van der Waals surface area contributed by atoms with Crippen LogP contribution in [0.4, 0.5) is 5.69 Å². The fraction of sp³-hybridized carbons (Fsp3) is 0.500. The predicted octanol–water partition coefficient (Wildman–Crippen LogP) is 0.627. The summed E-state index contributed by atoms with van der Waals surface area (Å²) in [5, 5.41) is 12.1. The highest BCUT2D eigenvalue weighted by Gasteiger charge is 2.24. The molecule has 2 rings (SSSR count). The molecule has 0 saturated carbocycles. The Morgan fingerprint density at radius 3 is 2.89 bits per heavy atom. The number of hydrogen-bond donors (Lipinski definition) is 2. The minimum Gasteiger partial charge on any atom is -0.395 e. The third-order valence-electron chi connectivity index (χ3n) is 3.24. The molecule has 1 aliphatic rings. The molecule has 1 aliphatic heterocycles. The summed E-state index contributed by atoms with van der Waals surface area (Å²) >= 11 is 0.